The molecule has 0 aromatic heterocycles. The van der Waals surface area contributed by atoms with Gasteiger partial charge in [0.05, 0.1) is 0 Å². The molecule has 0 aliphatic carbocycles. The molecule has 0 N–H and O–H groups in total. The van der Waals surface area contributed by atoms with Crippen molar-refractivity contribution in [3.05, 3.63) is 12.7 Å². The van der Waals surface area contributed by atoms with Gasteiger partial charge in [0, 0.05) is 7.99 Å². The van der Waals surface area contributed by atoms with Gasteiger partial charge in [0.15, 0.2) is 0 Å². The Morgan fingerprint density at radius 1 is 1.78 bits per heavy atom. The minimum atomic E-state index is -1.24. The van der Waals surface area contributed by atoms with E-state index in [1.54, 1.807) is 0 Å². The molecule has 0 aliphatic heterocycles. The van der Waals surface area contributed by atoms with Gasteiger partial charge in [-0.15, -0.1) is 6.58 Å². The van der Waals surface area contributed by atoms with Crippen LogP contribution in [0.15, 0.2) is 12.7 Å². The lowest BCUT2D eigenvalue weighted by atomic mass is 10.1. The second-order valence-electron chi connectivity index (χ2n) is 1.96. The maximum atomic E-state index is 7.53. The van der Waals surface area contributed by atoms with E-state index in [9.17, 15) is 0 Å². The first kappa shape index (κ1) is 5.84. The average molecular weight is 145 g/mol. The number of hydrogen-bond donors (Lipinski definition) is 0. The first-order valence-electron chi connectivity index (χ1n) is 4.33. The Morgan fingerprint density at radius 2 is 2.44 bits per heavy atom. The monoisotopic (exact) mass is 145 g/mol. The second kappa shape index (κ2) is 6.21. The maximum Gasteiger partial charge on any atom is 0.0328 e. The summed E-state index contributed by atoms with van der Waals surface area (Å²) < 4.78 is 15.1. The molecule has 0 aromatic rings. The molecule has 0 rings (SSSR count). The molecule has 1 heteroatoms. The van der Waals surface area contributed by atoms with Gasteiger partial charge in [-0.25, -0.2) is 0 Å². The van der Waals surface area contributed by atoms with Gasteiger partial charge in [-0.3, -0.25) is 0 Å². The van der Waals surface area contributed by atoms with Crippen LogP contribution < -0.4 is 0 Å². The summed E-state index contributed by atoms with van der Waals surface area (Å²) in [6.07, 6.45) is 2.72. The largest absolute Gasteiger partial charge is 0.102 e. The van der Waals surface area contributed by atoms with E-state index in [0.29, 0.717) is 6.42 Å². The van der Waals surface area contributed by atoms with Crippen LogP contribution in [0.1, 0.15) is 35.3 Å². The van der Waals surface area contributed by atoms with Gasteiger partial charge in [0.1, 0.15) is 0 Å². The molecule has 9 heavy (non-hydrogen) atoms. The van der Waals surface area contributed by atoms with Crippen molar-refractivity contribution >= 4 is 12.6 Å². The summed E-state index contributed by atoms with van der Waals surface area (Å²) >= 11 is 4.89. The minimum Gasteiger partial charge on any atom is -0.102 e. The Bertz CT molecular complexity index is 123. The Kier molecular flexibility index (Phi) is 4.03. The lowest BCUT2D eigenvalue weighted by molar-refractivity contribution is 0.682. The molecule has 0 heterocycles. The first-order chi connectivity index (χ1) is 5.04. The smallest absolute Gasteiger partial charge is 0.0328 e. The topological polar surface area (TPSA) is 0 Å². The van der Waals surface area contributed by atoms with Gasteiger partial charge < -0.3 is 0 Å². The Hall–Kier alpha value is 0.0900. The van der Waals surface area contributed by atoms with Gasteiger partial charge in [0.2, 0.25) is 0 Å². The highest BCUT2D eigenvalue weighted by Gasteiger charge is 1.95. The van der Waals surface area contributed by atoms with E-state index >= 15 is 0 Å². The standard InChI is InChI=1S/C8H15S/c1-3-5-6-7-8(9)4-2/h4,8H,2-3,5-7H2,1H3/i7D2. The van der Waals surface area contributed by atoms with Crippen LogP contribution in [0.25, 0.3) is 0 Å². The lowest BCUT2D eigenvalue weighted by Crippen LogP contribution is -1.91. The van der Waals surface area contributed by atoms with Crippen molar-refractivity contribution in [2.45, 2.75) is 37.8 Å². The molecule has 0 bridgehead atoms. The number of hydrogen-bond acceptors (Lipinski definition) is 0. The third-order valence-electron chi connectivity index (χ3n) is 1.09. The van der Waals surface area contributed by atoms with Crippen LogP contribution in [0.5, 0.6) is 0 Å². The fourth-order valence-electron chi connectivity index (χ4n) is 0.504. The van der Waals surface area contributed by atoms with E-state index in [4.69, 9.17) is 15.4 Å². The van der Waals surface area contributed by atoms with E-state index in [2.05, 4.69) is 6.58 Å². The molecular weight excluding hydrogens is 128 g/mol. The van der Waals surface area contributed by atoms with Gasteiger partial charge in [0.25, 0.3) is 0 Å². The molecule has 1 unspecified atom stereocenters. The summed E-state index contributed by atoms with van der Waals surface area (Å²) in [5.41, 5.74) is 0. The van der Waals surface area contributed by atoms with Crippen LogP contribution in [0.3, 0.4) is 0 Å². The summed E-state index contributed by atoms with van der Waals surface area (Å²) in [5, 5.41) is -0.450. The summed E-state index contributed by atoms with van der Waals surface area (Å²) in [6, 6.07) is 0. The van der Waals surface area contributed by atoms with Crippen LogP contribution in [0.4, 0.5) is 0 Å². The zero-order valence-corrected chi connectivity index (χ0v) is 6.71. The molecule has 53 valence electrons. The van der Waals surface area contributed by atoms with Crippen molar-refractivity contribution in [2.24, 2.45) is 0 Å². The van der Waals surface area contributed by atoms with E-state index in [1.165, 1.54) is 6.08 Å². The van der Waals surface area contributed by atoms with E-state index in [0.717, 1.165) is 12.8 Å². The van der Waals surface area contributed by atoms with Gasteiger partial charge in [-0.2, -0.15) is 0 Å². The predicted octanol–water partition coefficient (Wildman–Crippen LogP) is 3.32. The van der Waals surface area contributed by atoms with Crippen LogP contribution in [-0.2, 0) is 0 Å². The van der Waals surface area contributed by atoms with Gasteiger partial charge in [-0.05, 0) is 6.37 Å². The number of rotatable bonds is 5. The fourth-order valence-corrected chi connectivity index (χ4v) is 0.622. The van der Waals surface area contributed by atoms with Crippen LogP contribution in [0, 0.1) is 0 Å². The van der Waals surface area contributed by atoms with Crippen LogP contribution >= 0.6 is 12.6 Å². The van der Waals surface area contributed by atoms with E-state index < -0.39 is 11.6 Å². The molecule has 0 fully saturated rings. The molecular formula is C8H15S. The molecule has 0 saturated heterocycles. The van der Waals surface area contributed by atoms with Crippen molar-refractivity contribution in [1.82, 2.24) is 0 Å². The van der Waals surface area contributed by atoms with Crippen LogP contribution in [0.2, 0.25) is 0 Å². The van der Waals surface area contributed by atoms with Crippen molar-refractivity contribution in [3.63, 3.8) is 0 Å². The third-order valence-corrected chi connectivity index (χ3v) is 1.45. The minimum absolute atomic E-state index is 0.450. The third kappa shape index (κ3) is 5.97. The normalized spacial score (nSPS) is 18.0. The van der Waals surface area contributed by atoms with Crippen LogP contribution in [-0.4, -0.2) is 5.25 Å². The molecule has 1 atom stereocenters. The average Bonchev–Trinajstić information content (AvgIpc) is 1.99. The van der Waals surface area contributed by atoms with Crippen molar-refractivity contribution in [3.8, 4) is 0 Å². The molecule has 1 radical (unpaired) electrons. The Morgan fingerprint density at radius 3 is 2.89 bits per heavy atom. The summed E-state index contributed by atoms with van der Waals surface area (Å²) in [7, 11) is 0. The summed E-state index contributed by atoms with van der Waals surface area (Å²) in [6.45, 7) is 5.53. The quantitative estimate of drug-likeness (QED) is 0.521. The van der Waals surface area contributed by atoms with Crippen molar-refractivity contribution < 1.29 is 2.74 Å². The van der Waals surface area contributed by atoms with Gasteiger partial charge >= 0.3 is 0 Å². The Labute approximate surface area is 66.6 Å². The Balaban J connectivity index is 3.87. The first-order valence-corrected chi connectivity index (χ1v) is 3.80. The highest BCUT2D eigenvalue weighted by Crippen LogP contribution is 2.08. The summed E-state index contributed by atoms with van der Waals surface area (Å²) in [5.74, 6) is 0. The maximum absolute atomic E-state index is 7.53. The molecule has 0 amide bonds. The lowest BCUT2D eigenvalue weighted by Gasteiger charge is -2.00. The zero-order valence-electron chi connectivity index (χ0n) is 7.89. The van der Waals surface area contributed by atoms with Crippen molar-refractivity contribution in [1.29, 1.82) is 0 Å². The molecule has 0 spiro atoms. The SMILES string of the molecule is [2H]C([2H])(CCCC)C([S])C=C. The molecule has 0 aliphatic rings. The fraction of sp³-hybridized carbons (Fsp3) is 0.750. The van der Waals surface area contributed by atoms with E-state index in [-0.39, 0.29) is 0 Å². The molecule has 0 aromatic carbocycles. The van der Waals surface area contributed by atoms with Gasteiger partial charge in [-0.1, -0.05) is 44.9 Å². The van der Waals surface area contributed by atoms with Crippen molar-refractivity contribution in [2.75, 3.05) is 0 Å². The highest BCUT2D eigenvalue weighted by molar-refractivity contribution is 7.81. The second-order valence-corrected chi connectivity index (χ2v) is 2.47. The predicted molar refractivity (Wildman–Crippen MR) is 45.7 cm³/mol. The molecule has 0 nitrogen and oxygen atoms in total. The van der Waals surface area contributed by atoms with E-state index in [1.807, 2.05) is 6.92 Å². The summed E-state index contributed by atoms with van der Waals surface area (Å²) in [4.78, 5) is 0. The zero-order chi connectivity index (χ0) is 8.91. The number of unbranched alkanes of at least 4 members (excludes halogenated alkanes) is 1. The molecule has 0 saturated carbocycles. The highest BCUT2D eigenvalue weighted by atomic mass is 32.1.